The third-order valence-electron chi connectivity index (χ3n) is 2.68. The average Bonchev–Trinajstić information content (AvgIpc) is 2.18. The van der Waals surface area contributed by atoms with Crippen LogP contribution in [0.3, 0.4) is 0 Å². The molecule has 0 aliphatic carbocycles. The third-order valence-corrected chi connectivity index (χ3v) is 2.68. The number of hydrogen-bond acceptors (Lipinski definition) is 1. The van der Waals surface area contributed by atoms with E-state index >= 15 is 0 Å². The van der Waals surface area contributed by atoms with Gasteiger partial charge < -0.3 is 4.74 Å². The first-order valence-corrected chi connectivity index (χ1v) is 5.14. The normalized spacial score (nSPS) is 15.1. The molecule has 0 radical (unpaired) electrons. The Morgan fingerprint density at radius 3 is 2.86 bits per heavy atom. The van der Waals surface area contributed by atoms with Crippen LogP contribution in [0.25, 0.3) is 0 Å². The number of halogens is 1. The summed E-state index contributed by atoms with van der Waals surface area (Å²) < 4.78 is 19.3. The van der Waals surface area contributed by atoms with Crippen LogP contribution >= 0.6 is 0 Å². The topological polar surface area (TPSA) is 9.23 Å². The summed E-state index contributed by atoms with van der Waals surface area (Å²) in [5.41, 5.74) is 1.57. The molecular weight excluding hydrogens is 179 g/mol. The summed E-state index contributed by atoms with van der Waals surface area (Å²) in [4.78, 5) is 0. The zero-order valence-electron chi connectivity index (χ0n) is 8.64. The predicted molar refractivity (Wildman–Crippen MR) is 54.3 cm³/mol. The standard InChI is InChI=1S/C12H15FO/c1-8(2)9-5-6-11-10(12(9)13)4-3-7-14-11/h5-6,8H,3-4,7H2,1-2H3. The van der Waals surface area contributed by atoms with Crippen LogP contribution in [0.4, 0.5) is 4.39 Å². The lowest BCUT2D eigenvalue weighted by atomic mass is 9.96. The first-order chi connectivity index (χ1) is 6.70. The molecule has 0 N–H and O–H groups in total. The Morgan fingerprint density at radius 1 is 1.36 bits per heavy atom. The molecule has 0 atom stereocenters. The van der Waals surface area contributed by atoms with Crippen molar-refractivity contribution in [2.45, 2.75) is 32.6 Å². The van der Waals surface area contributed by atoms with Crippen LogP contribution in [0.15, 0.2) is 12.1 Å². The summed E-state index contributed by atoms with van der Waals surface area (Å²) in [6.07, 6.45) is 1.73. The van der Waals surface area contributed by atoms with Crippen LogP contribution < -0.4 is 4.74 Å². The molecule has 0 saturated carbocycles. The van der Waals surface area contributed by atoms with Crippen molar-refractivity contribution in [3.05, 3.63) is 29.1 Å². The number of rotatable bonds is 1. The van der Waals surface area contributed by atoms with E-state index < -0.39 is 0 Å². The van der Waals surface area contributed by atoms with Crippen molar-refractivity contribution in [1.29, 1.82) is 0 Å². The molecule has 0 unspecified atom stereocenters. The Morgan fingerprint density at radius 2 is 2.14 bits per heavy atom. The van der Waals surface area contributed by atoms with Gasteiger partial charge in [-0.15, -0.1) is 0 Å². The van der Waals surface area contributed by atoms with Gasteiger partial charge in [-0.25, -0.2) is 4.39 Å². The molecule has 1 aliphatic heterocycles. The van der Waals surface area contributed by atoms with E-state index in [1.165, 1.54) is 0 Å². The molecule has 2 rings (SSSR count). The van der Waals surface area contributed by atoms with Gasteiger partial charge in [0, 0.05) is 5.56 Å². The predicted octanol–water partition coefficient (Wildman–Crippen LogP) is 3.27. The minimum Gasteiger partial charge on any atom is -0.493 e. The van der Waals surface area contributed by atoms with E-state index in [1.54, 1.807) is 0 Å². The molecule has 0 saturated heterocycles. The molecule has 0 bridgehead atoms. The van der Waals surface area contributed by atoms with Gasteiger partial charge in [0.25, 0.3) is 0 Å². The van der Waals surface area contributed by atoms with E-state index in [1.807, 2.05) is 26.0 Å². The van der Waals surface area contributed by atoms with Crippen molar-refractivity contribution in [2.75, 3.05) is 6.61 Å². The maximum atomic E-state index is 13.9. The molecule has 0 spiro atoms. The minimum absolute atomic E-state index is 0.0581. The Hall–Kier alpha value is -1.05. The second kappa shape index (κ2) is 3.60. The quantitative estimate of drug-likeness (QED) is 0.666. The lowest BCUT2D eigenvalue weighted by Gasteiger charge is -2.20. The zero-order chi connectivity index (χ0) is 10.1. The molecule has 1 aromatic carbocycles. The summed E-state index contributed by atoms with van der Waals surface area (Å²) in [6, 6.07) is 3.73. The van der Waals surface area contributed by atoms with E-state index in [-0.39, 0.29) is 11.7 Å². The smallest absolute Gasteiger partial charge is 0.133 e. The fourth-order valence-corrected chi connectivity index (χ4v) is 1.87. The van der Waals surface area contributed by atoms with E-state index in [2.05, 4.69) is 0 Å². The van der Waals surface area contributed by atoms with Crippen LogP contribution in [0.1, 0.15) is 37.3 Å². The average molecular weight is 194 g/mol. The number of benzene rings is 1. The van der Waals surface area contributed by atoms with E-state index in [4.69, 9.17) is 4.74 Å². The Kier molecular flexibility index (Phi) is 2.44. The zero-order valence-corrected chi connectivity index (χ0v) is 8.64. The molecule has 1 heterocycles. The maximum Gasteiger partial charge on any atom is 0.133 e. The molecule has 1 nitrogen and oxygen atoms in total. The Bertz CT molecular complexity index is 344. The van der Waals surface area contributed by atoms with Crippen molar-refractivity contribution < 1.29 is 9.13 Å². The number of hydrogen-bond donors (Lipinski definition) is 0. The highest BCUT2D eigenvalue weighted by Crippen LogP contribution is 2.31. The lowest BCUT2D eigenvalue weighted by molar-refractivity contribution is 0.283. The molecule has 0 fully saturated rings. The highest BCUT2D eigenvalue weighted by atomic mass is 19.1. The molecule has 0 aromatic heterocycles. The van der Waals surface area contributed by atoms with Crippen LogP contribution in [0.5, 0.6) is 5.75 Å². The van der Waals surface area contributed by atoms with Crippen molar-refractivity contribution in [3.63, 3.8) is 0 Å². The third kappa shape index (κ3) is 1.49. The van der Waals surface area contributed by atoms with Gasteiger partial charge in [0.05, 0.1) is 6.61 Å². The first-order valence-electron chi connectivity index (χ1n) is 5.14. The van der Waals surface area contributed by atoms with Gasteiger partial charge in [-0.1, -0.05) is 19.9 Å². The van der Waals surface area contributed by atoms with Gasteiger partial charge in [-0.3, -0.25) is 0 Å². The van der Waals surface area contributed by atoms with Crippen LogP contribution in [0, 0.1) is 5.82 Å². The van der Waals surface area contributed by atoms with Gasteiger partial charge in [-0.2, -0.15) is 0 Å². The van der Waals surface area contributed by atoms with Crippen molar-refractivity contribution in [2.24, 2.45) is 0 Å². The van der Waals surface area contributed by atoms with Gasteiger partial charge in [-0.05, 0) is 30.4 Å². The summed E-state index contributed by atoms with van der Waals surface area (Å²) in [7, 11) is 0. The number of ether oxygens (including phenoxy) is 1. The summed E-state index contributed by atoms with van der Waals surface area (Å²) in [5, 5.41) is 0. The maximum absolute atomic E-state index is 13.9. The molecular formula is C12H15FO. The number of fused-ring (bicyclic) bond motifs is 1. The van der Waals surface area contributed by atoms with Crippen molar-refractivity contribution >= 4 is 0 Å². The monoisotopic (exact) mass is 194 g/mol. The molecule has 0 amide bonds. The molecule has 1 aliphatic rings. The van der Waals surface area contributed by atoms with E-state index in [0.717, 1.165) is 29.7 Å². The summed E-state index contributed by atoms with van der Waals surface area (Å²) in [6.45, 7) is 4.73. The largest absolute Gasteiger partial charge is 0.493 e. The van der Waals surface area contributed by atoms with Gasteiger partial charge in [0.15, 0.2) is 0 Å². The lowest BCUT2D eigenvalue weighted by Crippen LogP contribution is -2.11. The fourth-order valence-electron chi connectivity index (χ4n) is 1.87. The van der Waals surface area contributed by atoms with Gasteiger partial charge in [0.2, 0.25) is 0 Å². The van der Waals surface area contributed by atoms with Crippen LogP contribution in [-0.4, -0.2) is 6.61 Å². The SMILES string of the molecule is CC(C)c1ccc2c(c1F)CCCO2. The second-order valence-corrected chi connectivity index (χ2v) is 4.05. The highest BCUT2D eigenvalue weighted by molar-refractivity contribution is 5.41. The van der Waals surface area contributed by atoms with Crippen molar-refractivity contribution in [1.82, 2.24) is 0 Å². The van der Waals surface area contributed by atoms with Gasteiger partial charge in [0.1, 0.15) is 11.6 Å². The van der Waals surface area contributed by atoms with Crippen LogP contribution in [0.2, 0.25) is 0 Å². The first kappa shape index (κ1) is 9.50. The highest BCUT2D eigenvalue weighted by Gasteiger charge is 2.18. The molecule has 76 valence electrons. The van der Waals surface area contributed by atoms with Crippen molar-refractivity contribution in [3.8, 4) is 5.75 Å². The second-order valence-electron chi connectivity index (χ2n) is 4.05. The fraction of sp³-hybridized carbons (Fsp3) is 0.500. The van der Waals surface area contributed by atoms with E-state index in [0.29, 0.717) is 6.61 Å². The minimum atomic E-state index is -0.0581. The van der Waals surface area contributed by atoms with E-state index in [9.17, 15) is 4.39 Å². The Labute approximate surface area is 83.9 Å². The Balaban J connectivity index is 2.49. The molecule has 2 heteroatoms. The molecule has 1 aromatic rings. The summed E-state index contributed by atoms with van der Waals surface area (Å²) >= 11 is 0. The summed E-state index contributed by atoms with van der Waals surface area (Å²) in [5.74, 6) is 0.914. The molecule has 14 heavy (non-hydrogen) atoms. The van der Waals surface area contributed by atoms with Gasteiger partial charge >= 0.3 is 0 Å². The van der Waals surface area contributed by atoms with Crippen LogP contribution in [-0.2, 0) is 6.42 Å².